The summed E-state index contributed by atoms with van der Waals surface area (Å²) in [5, 5.41) is 10.5. The maximum absolute atomic E-state index is 10.5. The predicted molar refractivity (Wildman–Crippen MR) is 56.4 cm³/mol. The average Bonchev–Trinajstić information content (AvgIpc) is 2.48. The van der Waals surface area contributed by atoms with Crippen molar-refractivity contribution in [1.82, 2.24) is 0 Å². The Morgan fingerprint density at radius 3 is 2.71 bits per heavy atom. The van der Waals surface area contributed by atoms with Crippen LogP contribution in [-0.4, -0.2) is 4.92 Å². The molecule has 0 radical (unpaired) electrons. The number of nitrogens with zero attached hydrogens (tertiary/aromatic N) is 1. The summed E-state index contributed by atoms with van der Waals surface area (Å²) in [4.78, 5) is 10.2. The smallest absolute Gasteiger partial charge is 0.258 e. The largest absolute Gasteiger partial charge is 0.266 e. The molecule has 0 bridgehead atoms. The third-order valence-corrected chi connectivity index (χ3v) is 2.90. The van der Waals surface area contributed by atoms with Crippen molar-refractivity contribution in [3.8, 4) is 0 Å². The molecular weight excluding hydrogens is 178 g/mol. The van der Waals surface area contributed by atoms with Crippen LogP contribution in [0.1, 0.15) is 33.6 Å². The van der Waals surface area contributed by atoms with Gasteiger partial charge >= 0.3 is 0 Å². The highest BCUT2D eigenvalue weighted by molar-refractivity contribution is 5.30. The van der Waals surface area contributed by atoms with Crippen LogP contribution in [0.2, 0.25) is 0 Å². The first kappa shape index (κ1) is 11.0. The minimum atomic E-state index is -0.305. The lowest BCUT2D eigenvalue weighted by atomic mass is 9.91. The van der Waals surface area contributed by atoms with Gasteiger partial charge in [-0.1, -0.05) is 25.8 Å². The van der Waals surface area contributed by atoms with E-state index in [0.717, 1.165) is 18.4 Å². The molecule has 1 rings (SSSR count). The van der Waals surface area contributed by atoms with Gasteiger partial charge in [0.15, 0.2) is 0 Å². The summed E-state index contributed by atoms with van der Waals surface area (Å²) in [5.74, 6) is 0.913. The van der Waals surface area contributed by atoms with E-state index in [1.807, 2.05) is 6.92 Å². The highest BCUT2D eigenvalue weighted by Gasteiger charge is 2.23. The Bertz CT molecular complexity index is 292. The van der Waals surface area contributed by atoms with E-state index in [1.54, 1.807) is 12.2 Å². The molecule has 0 spiro atoms. The average molecular weight is 195 g/mol. The third kappa shape index (κ3) is 2.44. The Labute approximate surface area is 84.7 Å². The van der Waals surface area contributed by atoms with Crippen molar-refractivity contribution in [1.29, 1.82) is 0 Å². The molecular formula is C11H17NO2. The van der Waals surface area contributed by atoms with E-state index in [4.69, 9.17) is 0 Å². The van der Waals surface area contributed by atoms with Crippen molar-refractivity contribution >= 4 is 0 Å². The summed E-state index contributed by atoms with van der Waals surface area (Å²) in [6.45, 7) is 6.31. The first-order valence-corrected chi connectivity index (χ1v) is 5.09. The second-order valence-electron chi connectivity index (χ2n) is 4.09. The van der Waals surface area contributed by atoms with Gasteiger partial charge in [-0.15, -0.1) is 0 Å². The lowest BCUT2D eigenvalue weighted by Crippen LogP contribution is -2.03. The van der Waals surface area contributed by atoms with E-state index in [-0.39, 0.29) is 16.5 Å². The summed E-state index contributed by atoms with van der Waals surface area (Å²) < 4.78 is 0. The van der Waals surface area contributed by atoms with Crippen LogP contribution in [0.3, 0.4) is 0 Å². The summed E-state index contributed by atoms with van der Waals surface area (Å²) in [6, 6.07) is 0. The molecule has 0 N–H and O–H groups in total. The number of nitro groups is 1. The fourth-order valence-electron chi connectivity index (χ4n) is 1.69. The van der Waals surface area contributed by atoms with Gasteiger partial charge in [-0.25, -0.2) is 0 Å². The number of allylic oxidation sites excluding steroid dienone is 3. The van der Waals surface area contributed by atoms with Crippen molar-refractivity contribution < 1.29 is 4.92 Å². The van der Waals surface area contributed by atoms with E-state index >= 15 is 0 Å². The normalized spacial score (nSPS) is 22.9. The van der Waals surface area contributed by atoms with Gasteiger partial charge in [-0.3, -0.25) is 10.1 Å². The van der Waals surface area contributed by atoms with Crippen LogP contribution in [0.4, 0.5) is 0 Å². The Morgan fingerprint density at radius 1 is 1.64 bits per heavy atom. The standard InChI is InChI=1S/C11H17NO2/c1-4-8(2)5-10-7-11(12(13)14)6-9(10)3/h6-8,10H,4-5H2,1-3H3/t8-,10?/m1/s1. The van der Waals surface area contributed by atoms with Crippen molar-refractivity contribution in [2.24, 2.45) is 11.8 Å². The second kappa shape index (κ2) is 4.40. The zero-order chi connectivity index (χ0) is 10.7. The SMILES string of the molecule is CC[C@@H](C)CC1C=C([N+](=O)[O-])C=C1C. The third-order valence-electron chi connectivity index (χ3n) is 2.90. The van der Waals surface area contributed by atoms with Gasteiger partial charge in [0, 0.05) is 18.1 Å². The molecule has 1 aliphatic rings. The highest BCUT2D eigenvalue weighted by Crippen LogP contribution is 2.30. The van der Waals surface area contributed by atoms with E-state index in [1.165, 1.54) is 0 Å². The summed E-state index contributed by atoms with van der Waals surface area (Å²) in [6.07, 6.45) is 5.62. The maximum atomic E-state index is 10.5. The minimum Gasteiger partial charge on any atom is -0.258 e. The van der Waals surface area contributed by atoms with Crippen LogP contribution in [0.5, 0.6) is 0 Å². The first-order valence-electron chi connectivity index (χ1n) is 5.09. The Kier molecular flexibility index (Phi) is 3.44. The number of hydrogen-bond donors (Lipinski definition) is 0. The molecule has 0 aliphatic heterocycles. The molecule has 0 aromatic carbocycles. The van der Waals surface area contributed by atoms with E-state index in [0.29, 0.717) is 5.92 Å². The molecule has 0 fully saturated rings. The van der Waals surface area contributed by atoms with Crippen LogP contribution < -0.4 is 0 Å². The molecule has 0 amide bonds. The van der Waals surface area contributed by atoms with Crippen molar-refractivity contribution in [3.63, 3.8) is 0 Å². The molecule has 2 atom stereocenters. The molecule has 1 unspecified atom stereocenters. The van der Waals surface area contributed by atoms with Crippen LogP contribution in [-0.2, 0) is 0 Å². The first-order chi connectivity index (χ1) is 6.54. The lowest BCUT2D eigenvalue weighted by molar-refractivity contribution is -0.418. The molecule has 0 saturated carbocycles. The van der Waals surface area contributed by atoms with Crippen LogP contribution >= 0.6 is 0 Å². The summed E-state index contributed by atoms with van der Waals surface area (Å²) in [5.41, 5.74) is 1.38. The molecule has 0 aromatic heterocycles. The second-order valence-corrected chi connectivity index (χ2v) is 4.09. The van der Waals surface area contributed by atoms with Crippen molar-refractivity contribution in [2.45, 2.75) is 33.6 Å². The van der Waals surface area contributed by atoms with Gasteiger partial charge in [0.2, 0.25) is 0 Å². The van der Waals surface area contributed by atoms with Crippen molar-refractivity contribution in [3.05, 3.63) is 33.5 Å². The molecule has 14 heavy (non-hydrogen) atoms. The fourth-order valence-corrected chi connectivity index (χ4v) is 1.69. The van der Waals surface area contributed by atoms with Gasteiger partial charge in [0.1, 0.15) is 0 Å². The molecule has 3 heteroatoms. The monoisotopic (exact) mass is 195 g/mol. The number of hydrogen-bond acceptors (Lipinski definition) is 2. The zero-order valence-corrected chi connectivity index (χ0v) is 8.99. The quantitative estimate of drug-likeness (QED) is 0.511. The molecule has 0 aromatic rings. The Hall–Kier alpha value is -1.12. The molecule has 78 valence electrons. The molecule has 1 aliphatic carbocycles. The predicted octanol–water partition coefficient (Wildman–Crippen LogP) is 3.16. The van der Waals surface area contributed by atoms with Gasteiger partial charge in [0.05, 0.1) is 4.92 Å². The topological polar surface area (TPSA) is 43.1 Å². The highest BCUT2D eigenvalue weighted by atomic mass is 16.6. The van der Waals surface area contributed by atoms with E-state index in [9.17, 15) is 10.1 Å². The Balaban J connectivity index is 2.66. The van der Waals surface area contributed by atoms with Crippen LogP contribution in [0.15, 0.2) is 23.4 Å². The minimum absolute atomic E-state index is 0.260. The summed E-state index contributed by atoms with van der Waals surface area (Å²) >= 11 is 0. The molecule has 3 nitrogen and oxygen atoms in total. The van der Waals surface area contributed by atoms with E-state index in [2.05, 4.69) is 13.8 Å². The van der Waals surface area contributed by atoms with Gasteiger partial charge in [0.25, 0.3) is 5.70 Å². The maximum Gasteiger partial charge on any atom is 0.266 e. The molecule has 0 saturated heterocycles. The summed E-state index contributed by atoms with van der Waals surface area (Å²) in [7, 11) is 0. The van der Waals surface area contributed by atoms with Crippen LogP contribution in [0.25, 0.3) is 0 Å². The van der Waals surface area contributed by atoms with Gasteiger partial charge in [-0.2, -0.15) is 0 Å². The molecule has 0 heterocycles. The number of rotatable bonds is 4. The lowest BCUT2D eigenvalue weighted by Gasteiger charge is -2.13. The van der Waals surface area contributed by atoms with Crippen LogP contribution in [0, 0.1) is 22.0 Å². The van der Waals surface area contributed by atoms with E-state index < -0.39 is 0 Å². The Morgan fingerprint density at radius 2 is 2.29 bits per heavy atom. The van der Waals surface area contributed by atoms with Crippen molar-refractivity contribution in [2.75, 3.05) is 0 Å². The zero-order valence-electron chi connectivity index (χ0n) is 8.99. The van der Waals surface area contributed by atoms with Gasteiger partial charge < -0.3 is 0 Å². The van der Waals surface area contributed by atoms with Gasteiger partial charge in [-0.05, 0) is 19.3 Å². The fraction of sp³-hybridized carbons (Fsp3) is 0.636.